The van der Waals surface area contributed by atoms with E-state index in [9.17, 15) is 30.0 Å². The third-order valence-corrected chi connectivity index (χ3v) is 8.30. The zero-order valence-corrected chi connectivity index (χ0v) is 19.5. The van der Waals surface area contributed by atoms with Crippen molar-refractivity contribution in [1.29, 1.82) is 0 Å². The molecule has 0 fully saturated rings. The molecule has 186 valence electrons. The van der Waals surface area contributed by atoms with Crippen molar-refractivity contribution >= 4 is 25.7 Å². The highest BCUT2D eigenvalue weighted by Crippen LogP contribution is 2.42. The molecule has 13 heteroatoms. The van der Waals surface area contributed by atoms with Crippen molar-refractivity contribution in [2.75, 3.05) is 17.4 Å². The molecule has 3 aromatic rings. The zero-order chi connectivity index (χ0) is 25.3. The number of ether oxygens (including phenoxy) is 2. The zero-order valence-electron chi connectivity index (χ0n) is 17.9. The first-order valence-electron chi connectivity index (χ1n) is 10.2. The molecule has 0 unspecified atom stereocenters. The van der Waals surface area contributed by atoms with Gasteiger partial charge < -0.3 is 9.47 Å². The van der Waals surface area contributed by atoms with Crippen LogP contribution in [0, 0.1) is 0 Å². The van der Waals surface area contributed by atoms with E-state index in [2.05, 4.69) is 9.46 Å². The Hall–Kier alpha value is -3.29. The highest BCUT2D eigenvalue weighted by atomic mass is 32.2. The molecule has 1 heterocycles. The maximum atomic E-state index is 13.3. The van der Waals surface area contributed by atoms with Crippen molar-refractivity contribution in [2.24, 2.45) is 0 Å². The van der Waals surface area contributed by atoms with Crippen molar-refractivity contribution < 1.29 is 39.5 Å². The Bertz CT molecular complexity index is 1430. The molecule has 1 aliphatic rings. The summed E-state index contributed by atoms with van der Waals surface area (Å²) in [6, 6.07) is 16.5. The molecular weight excluding hydrogens is 509 g/mol. The molecule has 0 amide bonds. The third kappa shape index (κ3) is 5.52. The van der Waals surface area contributed by atoms with E-state index < -0.39 is 32.2 Å². The molecule has 0 spiro atoms. The van der Waals surface area contributed by atoms with E-state index in [4.69, 9.17) is 4.74 Å². The molecule has 1 N–H and O–H groups in total. The number of fused-ring (bicyclic) bond motifs is 2. The number of nitrogens with one attached hydrogen (secondary N) is 1. The fourth-order valence-corrected chi connectivity index (χ4v) is 6.14. The number of anilines is 1. The number of nitrogens with zero attached hydrogens (tertiary/aromatic N) is 1. The Morgan fingerprint density at radius 3 is 2.23 bits per heavy atom. The second-order valence-corrected chi connectivity index (χ2v) is 11.0. The molecule has 0 saturated heterocycles. The Morgan fingerprint density at radius 1 is 0.914 bits per heavy atom. The molecule has 8 nitrogen and oxygen atoms in total. The van der Waals surface area contributed by atoms with Gasteiger partial charge in [-0.1, -0.05) is 24.3 Å². The lowest BCUT2D eigenvalue weighted by atomic mass is 10.2. The highest BCUT2D eigenvalue weighted by Gasteiger charge is 2.33. The normalized spacial score (nSPS) is 14.9. The molecule has 1 aliphatic heterocycles. The van der Waals surface area contributed by atoms with Crippen LogP contribution in [0.3, 0.4) is 0 Å². The summed E-state index contributed by atoms with van der Waals surface area (Å²) < 4.78 is 102. The number of hydrogen-bond acceptors (Lipinski definition) is 6. The lowest BCUT2D eigenvalue weighted by Crippen LogP contribution is -2.34. The summed E-state index contributed by atoms with van der Waals surface area (Å²) in [6.45, 7) is -0.183. The summed E-state index contributed by atoms with van der Waals surface area (Å²) >= 11 is 0. The molecule has 4 rings (SSSR count). The summed E-state index contributed by atoms with van der Waals surface area (Å²) in [5.41, 5.74) is 0.312. The lowest BCUT2D eigenvalue weighted by Gasteiger charge is -2.23. The Balaban J connectivity index is 1.47. The first kappa shape index (κ1) is 24.8. The molecule has 3 aromatic carbocycles. The van der Waals surface area contributed by atoms with Crippen LogP contribution in [0.2, 0.25) is 0 Å². The SMILES string of the molecule is O=S(=O)(NCCCN1c2ccccc2Oc2ccccc2S1(=O)=O)c1ccc(OC(F)(F)F)cc1. The number of benzene rings is 3. The maximum Gasteiger partial charge on any atom is 0.573 e. The van der Waals surface area contributed by atoms with Gasteiger partial charge in [-0.2, -0.15) is 0 Å². The molecule has 0 saturated carbocycles. The van der Waals surface area contributed by atoms with Crippen LogP contribution in [0.25, 0.3) is 0 Å². The maximum absolute atomic E-state index is 13.3. The van der Waals surface area contributed by atoms with E-state index >= 15 is 0 Å². The predicted octanol–water partition coefficient (Wildman–Crippen LogP) is 4.25. The lowest BCUT2D eigenvalue weighted by molar-refractivity contribution is -0.274. The number of hydrogen-bond donors (Lipinski definition) is 1. The Labute approximate surface area is 200 Å². The van der Waals surface area contributed by atoms with Crippen molar-refractivity contribution in [3.05, 3.63) is 72.8 Å². The van der Waals surface area contributed by atoms with Gasteiger partial charge in [-0.15, -0.1) is 13.2 Å². The second kappa shape index (κ2) is 9.40. The van der Waals surface area contributed by atoms with Gasteiger partial charge in [-0.05, 0) is 55.0 Å². The Morgan fingerprint density at radius 2 is 1.54 bits per heavy atom. The average molecular weight is 529 g/mol. The van der Waals surface area contributed by atoms with E-state index in [0.717, 1.165) is 28.6 Å². The number of rotatable bonds is 7. The van der Waals surface area contributed by atoms with Gasteiger partial charge in [0.2, 0.25) is 10.0 Å². The molecule has 0 bridgehead atoms. The van der Waals surface area contributed by atoms with E-state index in [-0.39, 0.29) is 35.1 Å². The van der Waals surface area contributed by atoms with E-state index in [1.54, 1.807) is 42.5 Å². The van der Waals surface area contributed by atoms with Gasteiger partial charge in [-0.3, -0.25) is 4.31 Å². The minimum Gasteiger partial charge on any atom is -0.454 e. The number of halogens is 3. The van der Waals surface area contributed by atoms with Crippen molar-refractivity contribution in [2.45, 2.75) is 22.6 Å². The molecule has 0 aromatic heterocycles. The summed E-state index contributed by atoms with van der Waals surface area (Å²) in [4.78, 5) is -0.278. The summed E-state index contributed by atoms with van der Waals surface area (Å²) in [5, 5.41) is 0. The van der Waals surface area contributed by atoms with Crippen LogP contribution in [-0.2, 0) is 20.0 Å². The van der Waals surface area contributed by atoms with Crippen LogP contribution in [-0.4, -0.2) is 36.3 Å². The second-order valence-electron chi connectivity index (χ2n) is 7.36. The van der Waals surface area contributed by atoms with Gasteiger partial charge in [-0.25, -0.2) is 21.6 Å². The molecular formula is C22H19F3N2O6S2. The first-order chi connectivity index (χ1) is 16.5. The fourth-order valence-electron chi connectivity index (χ4n) is 3.44. The molecule has 0 radical (unpaired) electrons. The molecule has 35 heavy (non-hydrogen) atoms. The van der Waals surface area contributed by atoms with Crippen LogP contribution in [0.15, 0.2) is 82.6 Å². The van der Waals surface area contributed by atoms with Gasteiger partial charge in [0.05, 0.1) is 10.6 Å². The fraction of sp³-hybridized carbons (Fsp3) is 0.182. The third-order valence-electron chi connectivity index (χ3n) is 4.97. The predicted molar refractivity (Wildman–Crippen MR) is 120 cm³/mol. The van der Waals surface area contributed by atoms with Gasteiger partial charge in [0, 0.05) is 13.1 Å². The van der Waals surface area contributed by atoms with Crippen molar-refractivity contribution in [3.8, 4) is 17.2 Å². The van der Waals surface area contributed by atoms with Crippen molar-refractivity contribution in [1.82, 2.24) is 4.72 Å². The van der Waals surface area contributed by atoms with E-state index in [1.807, 2.05) is 0 Å². The van der Waals surface area contributed by atoms with Gasteiger partial charge in [0.15, 0.2) is 5.75 Å². The smallest absolute Gasteiger partial charge is 0.454 e. The van der Waals surface area contributed by atoms with Crippen LogP contribution in [0.4, 0.5) is 18.9 Å². The minimum atomic E-state index is -4.89. The van der Waals surface area contributed by atoms with Crippen LogP contribution < -0.4 is 18.5 Å². The topological polar surface area (TPSA) is 102 Å². The highest BCUT2D eigenvalue weighted by molar-refractivity contribution is 7.93. The largest absolute Gasteiger partial charge is 0.573 e. The van der Waals surface area contributed by atoms with Gasteiger partial charge in [0.1, 0.15) is 16.4 Å². The van der Waals surface area contributed by atoms with Crippen LogP contribution in [0.5, 0.6) is 17.2 Å². The van der Waals surface area contributed by atoms with Crippen molar-refractivity contribution in [3.63, 3.8) is 0 Å². The molecule has 0 atom stereocenters. The number of alkyl halides is 3. The van der Waals surface area contributed by atoms with Gasteiger partial charge >= 0.3 is 6.36 Å². The van der Waals surface area contributed by atoms with E-state index in [0.29, 0.717) is 11.4 Å². The van der Waals surface area contributed by atoms with E-state index in [1.165, 1.54) is 6.07 Å². The van der Waals surface area contributed by atoms with Crippen LogP contribution >= 0.6 is 0 Å². The summed E-state index contributed by atoms with van der Waals surface area (Å²) in [7, 11) is -8.04. The monoisotopic (exact) mass is 528 g/mol. The molecule has 0 aliphatic carbocycles. The number of para-hydroxylation sites is 3. The first-order valence-corrected chi connectivity index (χ1v) is 13.1. The minimum absolute atomic E-state index is 0.0158. The summed E-state index contributed by atoms with van der Waals surface area (Å²) in [6.07, 6.45) is -4.79. The van der Waals surface area contributed by atoms with Gasteiger partial charge in [0.25, 0.3) is 10.0 Å². The standard InChI is InChI=1S/C22H19F3N2O6S2/c23-22(24,25)33-16-10-12-17(13-11-16)34(28,29)26-14-5-15-27-18-6-1-2-7-19(18)32-20-8-3-4-9-21(20)35(27,30)31/h1-4,6-13,26H,5,14-15H2. The van der Waals surface area contributed by atoms with Crippen LogP contribution in [0.1, 0.15) is 6.42 Å². The number of sulfonamides is 2. The summed E-state index contributed by atoms with van der Waals surface area (Å²) in [5.74, 6) is -0.0344. The Kier molecular flexibility index (Phi) is 6.66. The quantitative estimate of drug-likeness (QED) is 0.460. The average Bonchev–Trinajstić information content (AvgIpc) is 2.88.